The van der Waals surface area contributed by atoms with Crippen LogP contribution in [0.25, 0.3) is 24.3 Å². The van der Waals surface area contributed by atoms with Crippen molar-refractivity contribution in [1.29, 1.82) is 0 Å². The van der Waals surface area contributed by atoms with Gasteiger partial charge >= 0.3 is 0 Å². The number of carbonyl (C=O) groups is 2. The number of allylic oxidation sites excluding steroid dienone is 2. The summed E-state index contributed by atoms with van der Waals surface area (Å²) in [7, 11) is -30.8. The van der Waals surface area contributed by atoms with Crippen LogP contribution in [0.15, 0.2) is 100 Å². The average molecular weight is 1930 g/mol. The zero-order valence-electron chi connectivity index (χ0n) is 68.2. The Morgan fingerprint density at radius 3 is 0.651 bits per heavy atom. The third-order valence-electron chi connectivity index (χ3n) is 16.5. The van der Waals surface area contributed by atoms with E-state index in [4.69, 9.17) is 103 Å². The molecule has 0 spiro atoms. The molecule has 0 aliphatic heterocycles. The van der Waals surface area contributed by atoms with Gasteiger partial charge in [-0.05, 0) is 82.9 Å². The number of anilines is 4. The van der Waals surface area contributed by atoms with Gasteiger partial charge in [-0.2, -0.15) is 60.7 Å². The SMILES string of the molecule is Nc1cc(S(=O)(=O)O)cc2c1C(=O)/C(=N/Nc1ccc(/C=C/c3ccc(N/N=C4/C(=O)c5c(N)cc(S(=O)(=O)O)cc5C=C4S(=O)(=O)O)cc3S(=O)(=O)O)c(S(=O)(=O)O)c1)C(S(=O)(=O)O)=C2.OCCN(CCO)CCO.OCCN(CCO)CCO.OCCN(CCO)CCO.OCCN(CCO)CCO.OCCN(CCO)CCO.OCCN(CCO)CCO. The van der Waals surface area contributed by atoms with Gasteiger partial charge in [0.2, 0.25) is 11.6 Å². The van der Waals surface area contributed by atoms with Gasteiger partial charge in [0.25, 0.3) is 60.7 Å². The summed E-state index contributed by atoms with van der Waals surface area (Å²) in [4.78, 5) is 31.7. The van der Waals surface area contributed by atoms with Crippen LogP contribution in [0.5, 0.6) is 0 Å². The van der Waals surface area contributed by atoms with Crippen LogP contribution < -0.4 is 22.3 Å². The van der Waals surface area contributed by atoms with Crippen molar-refractivity contribution in [3.8, 4) is 0 Å². The molecule has 0 atom stereocenters. The first-order valence-corrected chi connectivity index (χ1v) is 46.1. The first-order valence-electron chi connectivity index (χ1n) is 37.4. The quantitative estimate of drug-likeness (QED) is 0.00845. The summed E-state index contributed by atoms with van der Waals surface area (Å²) in [5.41, 5.74) is 9.37. The first kappa shape index (κ1) is 118. The zero-order chi connectivity index (χ0) is 96.2. The lowest BCUT2D eigenvalue weighted by atomic mass is 9.93. The van der Waals surface area contributed by atoms with E-state index < -0.39 is 147 Å². The lowest BCUT2D eigenvalue weighted by Crippen LogP contribution is -2.32. The van der Waals surface area contributed by atoms with Gasteiger partial charge in [0, 0.05) is 129 Å². The number of nitrogens with one attached hydrogen (secondary N) is 2. The lowest BCUT2D eigenvalue weighted by Gasteiger charge is -2.18. The van der Waals surface area contributed by atoms with E-state index in [2.05, 4.69) is 21.1 Å². The number of aliphatic hydroxyl groups is 18. The highest BCUT2D eigenvalue weighted by Crippen LogP contribution is 2.35. The molecule has 0 unspecified atom stereocenters. The maximum Gasteiger partial charge on any atom is 0.296 e. The highest BCUT2D eigenvalue weighted by Gasteiger charge is 2.37. The Labute approximate surface area is 728 Å². The van der Waals surface area contributed by atoms with Gasteiger partial charge in [0.15, 0.2) is 11.4 Å². The van der Waals surface area contributed by atoms with Crippen molar-refractivity contribution in [1.82, 2.24) is 29.4 Å². The summed E-state index contributed by atoms with van der Waals surface area (Å²) in [6, 6.07) is 8.26. The first-order chi connectivity index (χ1) is 59.2. The predicted octanol–water partition coefficient (Wildman–Crippen LogP) is -8.61. The summed E-state index contributed by atoms with van der Waals surface area (Å²) in [5, 5.41) is 160. The minimum atomic E-state index is -5.31. The van der Waals surface area contributed by atoms with Gasteiger partial charge in [-0.15, -0.1) is 0 Å². The second kappa shape index (κ2) is 61.9. The van der Waals surface area contributed by atoms with E-state index in [-0.39, 0.29) is 141 Å². The Kier molecular flexibility index (Phi) is 58.2. The lowest BCUT2D eigenvalue weighted by molar-refractivity contribution is 0.105. The number of carbonyl (C=O) groups excluding carboxylic acids is 2. The normalized spacial score (nSPS) is 13.6. The van der Waals surface area contributed by atoms with Gasteiger partial charge in [0.1, 0.15) is 19.6 Å². The average Bonchev–Trinajstić information content (AvgIpc) is 0.757. The molecule has 2 aliphatic carbocycles. The minimum Gasteiger partial charge on any atom is -0.398 e. The second-order valence-corrected chi connectivity index (χ2v) is 33.9. The molecular formula is C70H116N12O38S6. The Balaban J connectivity index is 0.00000206. The summed E-state index contributed by atoms with van der Waals surface area (Å²) in [5.74, 6) is -2.58. The molecule has 0 aromatic heterocycles. The predicted molar refractivity (Wildman–Crippen MR) is 459 cm³/mol. The van der Waals surface area contributed by atoms with Crippen molar-refractivity contribution < 1.29 is 179 Å². The smallest absolute Gasteiger partial charge is 0.296 e. The van der Waals surface area contributed by atoms with E-state index in [1.54, 1.807) is 29.4 Å². The zero-order valence-corrected chi connectivity index (χ0v) is 73.1. The standard InChI is InChI=1S/C34H26N6O20S6.6C6H15NO3/c35-23-13-21(61(43,44)45)7-17-9-27(65(55,56)57)31(33(41)29(17)23)39-37-19-5-3-15(25(11-19)63(49,50)51)1-2-16-4-6-20(12-26(16)64(52,53)54)38-40-32-28(66(58,59)60)10-18-8-22(62(46,47)48)14-24(36)30(18)34(32)42;6*8-4-1-7(2-5-9)3-6-10/h1-14,37-38H,35-36H2,(H,43,44,45)(H,46,47,48)(H,49,50,51)(H,52,53,54)(H,55,56,57)(H,58,59,60);6*8-10H,1-6H2/b2-1+,39-31+,40-32+;;;;;;. The van der Waals surface area contributed by atoms with E-state index in [9.17, 15) is 87.4 Å². The van der Waals surface area contributed by atoms with E-state index in [1.165, 1.54) is 0 Å². The van der Waals surface area contributed by atoms with Gasteiger partial charge in [-0.1, -0.05) is 24.3 Å². The molecule has 0 saturated carbocycles. The Hall–Kier alpha value is -7.52. The molecule has 0 radical (unpaired) electrons. The van der Waals surface area contributed by atoms with E-state index in [0.29, 0.717) is 166 Å². The number of benzene rings is 4. The van der Waals surface area contributed by atoms with Crippen molar-refractivity contribution in [2.45, 2.75) is 19.6 Å². The topological polar surface area (TPSA) is 845 Å². The molecule has 4 aromatic rings. The molecule has 6 rings (SSSR count). The van der Waals surface area contributed by atoms with Crippen LogP contribution in [0, 0.1) is 0 Å². The largest absolute Gasteiger partial charge is 0.398 e. The maximum atomic E-state index is 13.4. The van der Waals surface area contributed by atoms with Crippen molar-refractivity contribution in [3.05, 3.63) is 104 Å². The molecule has 0 fully saturated rings. The van der Waals surface area contributed by atoms with Crippen molar-refractivity contribution in [3.63, 3.8) is 0 Å². The highest BCUT2D eigenvalue weighted by atomic mass is 32.2. The number of nitrogens with two attached hydrogens (primary N) is 2. The number of aliphatic hydroxyl groups excluding tert-OH is 18. The van der Waals surface area contributed by atoms with Gasteiger partial charge in [-0.3, -0.25) is 77.2 Å². The van der Waals surface area contributed by atoms with Crippen LogP contribution in [0.2, 0.25) is 0 Å². The van der Waals surface area contributed by atoms with Crippen LogP contribution >= 0.6 is 0 Å². The third kappa shape index (κ3) is 44.2. The van der Waals surface area contributed by atoms with Crippen LogP contribution in [0.1, 0.15) is 43.0 Å². The van der Waals surface area contributed by atoms with Crippen molar-refractivity contribution >= 4 is 131 Å². The summed E-state index contributed by atoms with van der Waals surface area (Å²) in [6.07, 6.45) is 3.09. The van der Waals surface area contributed by atoms with Crippen LogP contribution in [0.4, 0.5) is 22.7 Å². The van der Waals surface area contributed by atoms with Crippen LogP contribution in [-0.2, 0) is 60.7 Å². The molecule has 50 nitrogen and oxygen atoms in total. The number of rotatable bonds is 48. The van der Waals surface area contributed by atoms with Gasteiger partial charge in [-0.25, -0.2) is 0 Å². The molecule has 0 heterocycles. The second-order valence-electron chi connectivity index (χ2n) is 25.5. The summed E-state index contributed by atoms with van der Waals surface area (Å²) < 4.78 is 204. The maximum absolute atomic E-state index is 13.4. The van der Waals surface area contributed by atoms with E-state index in [0.717, 1.165) is 36.4 Å². The number of Topliss-reactive ketones (excluding diaryl/α,β-unsaturated/α-hetero) is 2. The van der Waals surface area contributed by atoms with Crippen LogP contribution in [0.3, 0.4) is 0 Å². The molecule has 56 heteroatoms. The van der Waals surface area contributed by atoms with E-state index >= 15 is 0 Å². The van der Waals surface area contributed by atoms with Gasteiger partial charge < -0.3 is 103 Å². The molecule has 126 heavy (non-hydrogen) atoms. The van der Waals surface area contributed by atoms with Gasteiger partial charge in [0.05, 0.1) is 151 Å². The number of fused-ring (bicyclic) bond motifs is 2. The number of hydrogen-bond donors (Lipinski definition) is 28. The fraction of sp³-hybridized carbons (Fsp3) is 0.514. The van der Waals surface area contributed by atoms with Crippen LogP contribution in [-0.4, -0.2) is 459 Å². The number of ketones is 2. The number of nitrogen functional groups attached to an aromatic ring is 2. The summed E-state index contributed by atoms with van der Waals surface area (Å²) >= 11 is 0. The molecule has 0 saturated heterocycles. The number of hydrogen-bond acceptors (Lipinski definition) is 44. The molecule has 4 aromatic carbocycles. The van der Waals surface area contributed by atoms with Crippen molar-refractivity contribution in [2.75, 3.05) is 259 Å². The molecule has 0 amide bonds. The fourth-order valence-electron chi connectivity index (χ4n) is 10.8. The highest BCUT2D eigenvalue weighted by molar-refractivity contribution is 7.91. The minimum absolute atomic E-state index is 0.0694. The third-order valence-corrected chi connectivity index (χ3v) is 21.7. The number of hydrazone groups is 2. The molecule has 0 bridgehead atoms. The molecule has 720 valence electrons. The Bertz CT molecular complexity index is 4390. The fourth-order valence-corrected chi connectivity index (χ4v) is 14.6. The number of nitrogens with zero attached hydrogens (tertiary/aromatic N) is 8. The Morgan fingerprint density at radius 2 is 0.484 bits per heavy atom. The molecule has 2 aliphatic rings. The molecular weight excluding hydrogens is 1810 g/mol. The van der Waals surface area contributed by atoms with Crippen molar-refractivity contribution in [2.24, 2.45) is 10.2 Å². The molecule has 30 N–H and O–H groups in total. The Morgan fingerprint density at radius 1 is 0.286 bits per heavy atom. The van der Waals surface area contributed by atoms with E-state index in [1.807, 2.05) is 0 Å². The summed E-state index contributed by atoms with van der Waals surface area (Å²) in [6.45, 7) is 10.5. The monoisotopic (exact) mass is 1920 g/mol.